The van der Waals surface area contributed by atoms with Gasteiger partial charge in [0.1, 0.15) is 0 Å². The van der Waals surface area contributed by atoms with Gasteiger partial charge >= 0.3 is 0 Å². The molecule has 0 aromatic heterocycles. The lowest BCUT2D eigenvalue weighted by molar-refractivity contribution is 0.763. The third-order valence-corrected chi connectivity index (χ3v) is 3.87. The summed E-state index contributed by atoms with van der Waals surface area (Å²) in [6.07, 6.45) is 3.50. The second-order valence-corrected chi connectivity index (χ2v) is 5.78. The molecule has 2 rings (SSSR count). The SMILES string of the molecule is Clc1ccc(NCCCCc2ccccc2)c(Br)c1. The minimum Gasteiger partial charge on any atom is -0.384 e. The van der Waals surface area contributed by atoms with Crippen LogP contribution in [0.3, 0.4) is 0 Å². The fraction of sp³-hybridized carbons (Fsp3) is 0.250. The number of aryl methyl sites for hydroxylation is 1. The van der Waals surface area contributed by atoms with E-state index in [1.54, 1.807) is 0 Å². The molecular formula is C16H17BrClN. The maximum absolute atomic E-state index is 5.91. The highest BCUT2D eigenvalue weighted by molar-refractivity contribution is 9.10. The van der Waals surface area contributed by atoms with Gasteiger partial charge in [0.25, 0.3) is 0 Å². The molecule has 1 nitrogen and oxygen atoms in total. The van der Waals surface area contributed by atoms with Crippen molar-refractivity contribution in [1.29, 1.82) is 0 Å². The van der Waals surface area contributed by atoms with Crippen molar-refractivity contribution in [2.75, 3.05) is 11.9 Å². The first kappa shape index (κ1) is 14.4. The van der Waals surface area contributed by atoms with Crippen molar-refractivity contribution < 1.29 is 0 Å². The Morgan fingerprint density at radius 2 is 1.79 bits per heavy atom. The van der Waals surface area contributed by atoms with Crippen LogP contribution in [-0.4, -0.2) is 6.54 Å². The largest absolute Gasteiger partial charge is 0.384 e. The fourth-order valence-corrected chi connectivity index (χ4v) is 2.78. The van der Waals surface area contributed by atoms with Gasteiger partial charge in [0.05, 0.1) is 0 Å². The average molecular weight is 339 g/mol. The predicted molar refractivity (Wildman–Crippen MR) is 87.0 cm³/mol. The highest BCUT2D eigenvalue weighted by Crippen LogP contribution is 2.25. The van der Waals surface area contributed by atoms with Gasteiger partial charge in [-0.2, -0.15) is 0 Å². The molecule has 0 heterocycles. The van der Waals surface area contributed by atoms with Crippen molar-refractivity contribution in [2.24, 2.45) is 0 Å². The molecule has 0 aliphatic heterocycles. The van der Waals surface area contributed by atoms with Gasteiger partial charge in [-0.05, 0) is 59.0 Å². The Hall–Kier alpha value is -0.990. The first-order chi connectivity index (χ1) is 9.25. The minimum absolute atomic E-state index is 0.751. The van der Waals surface area contributed by atoms with Gasteiger partial charge < -0.3 is 5.32 Å². The number of anilines is 1. The number of hydrogen-bond acceptors (Lipinski definition) is 1. The zero-order chi connectivity index (χ0) is 13.5. The molecule has 2 aromatic carbocycles. The summed E-state index contributed by atoms with van der Waals surface area (Å²) in [5.41, 5.74) is 2.51. The van der Waals surface area contributed by atoms with Crippen LogP contribution in [-0.2, 0) is 6.42 Å². The Morgan fingerprint density at radius 3 is 2.53 bits per heavy atom. The Balaban J connectivity index is 1.69. The van der Waals surface area contributed by atoms with Crippen LogP contribution in [0.1, 0.15) is 18.4 Å². The molecule has 3 heteroatoms. The molecule has 0 amide bonds. The van der Waals surface area contributed by atoms with Crippen molar-refractivity contribution in [2.45, 2.75) is 19.3 Å². The molecule has 100 valence electrons. The monoisotopic (exact) mass is 337 g/mol. The molecule has 1 N–H and O–H groups in total. The van der Waals surface area contributed by atoms with E-state index in [0.29, 0.717) is 0 Å². The molecule has 0 spiro atoms. The summed E-state index contributed by atoms with van der Waals surface area (Å²) >= 11 is 9.42. The summed E-state index contributed by atoms with van der Waals surface area (Å²) in [6.45, 7) is 0.979. The number of halogens is 2. The highest BCUT2D eigenvalue weighted by Gasteiger charge is 1.99. The molecule has 0 saturated heterocycles. The van der Waals surface area contributed by atoms with E-state index in [2.05, 4.69) is 51.6 Å². The van der Waals surface area contributed by atoms with Gasteiger partial charge in [-0.1, -0.05) is 41.9 Å². The third-order valence-electron chi connectivity index (χ3n) is 2.98. The summed E-state index contributed by atoms with van der Waals surface area (Å²) < 4.78 is 1.02. The topological polar surface area (TPSA) is 12.0 Å². The van der Waals surface area contributed by atoms with Crippen LogP contribution in [0.15, 0.2) is 53.0 Å². The first-order valence-electron chi connectivity index (χ1n) is 6.48. The number of rotatable bonds is 6. The normalized spacial score (nSPS) is 10.4. The van der Waals surface area contributed by atoms with Crippen LogP contribution in [0, 0.1) is 0 Å². The molecule has 0 aliphatic rings. The maximum atomic E-state index is 5.91. The molecule has 0 aliphatic carbocycles. The number of unbranched alkanes of at least 4 members (excludes halogenated alkanes) is 1. The zero-order valence-corrected chi connectivity index (χ0v) is 13.0. The Morgan fingerprint density at radius 1 is 1.00 bits per heavy atom. The number of benzene rings is 2. The van der Waals surface area contributed by atoms with Gasteiger partial charge in [-0.3, -0.25) is 0 Å². The van der Waals surface area contributed by atoms with Gasteiger partial charge in [0, 0.05) is 21.7 Å². The van der Waals surface area contributed by atoms with Crippen LogP contribution in [0.4, 0.5) is 5.69 Å². The lowest BCUT2D eigenvalue weighted by atomic mass is 10.1. The molecule has 0 unspecified atom stereocenters. The molecular weight excluding hydrogens is 322 g/mol. The molecule has 0 saturated carbocycles. The van der Waals surface area contributed by atoms with Crippen molar-refractivity contribution in [3.8, 4) is 0 Å². The maximum Gasteiger partial charge on any atom is 0.0485 e. The molecule has 0 radical (unpaired) electrons. The van der Waals surface area contributed by atoms with E-state index in [-0.39, 0.29) is 0 Å². The second kappa shape index (κ2) is 7.56. The fourth-order valence-electron chi connectivity index (χ4n) is 1.95. The molecule has 19 heavy (non-hydrogen) atoms. The summed E-state index contributed by atoms with van der Waals surface area (Å²) in [5.74, 6) is 0. The van der Waals surface area contributed by atoms with Crippen LogP contribution in [0.2, 0.25) is 5.02 Å². The second-order valence-electron chi connectivity index (χ2n) is 4.49. The van der Waals surface area contributed by atoms with Crippen LogP contribution >= 0.6 is 27.5 Å². The lowest BCUT2D eigenvalue weighted by Gasteiger charge is -2.08. The van der Waals surface area contributed by atoms with Crippen molar-refractivity contribution in [3.05, 3.63) is 63.6 Å². The average Bonchev–Trinajstić information content (AvgIpc) is 2.42. The summed E-state index contributed by atoms with van der Waals surface area (Å²) in [5, 5.41) is 4.17. The van der Waals surface area contributed by atoms with Gasteiger partial charge in [0.15, 0.2) is 0 Å². The van der Waals surface area contributed by atoms with Crippen LogP contribution < -0.4 is 5.32 Å². The molecule has 0 bridgehead atoms. The molecule has 2 aromatic rings. The smallest absolute Gasteiger partial charge is 0.0485 e. The third kappa shape index (κ3) is 4.88. The Bertz CT molecular complexity index is 513. The Labute approximate surface area is 128 Å². The van der Waals surface area contributed by atoms with E-state index >= 15 is 0 Å². The molecule has 0 fully saturated rings. The summed E-state index contributed by atoms with van der Waals surface area (Å²) in [6, 6.07) is 16.4. The van der Waals surface area contributed by atoms with E-state index in [1.807, 2.05) is 18.2 Å². The Kier molecular flexibility index (Phi) is 5.74. The van der Waals surface area contributed by atoms with Crippen molar-refractivity contribution >= 4 is 33.2 Å². The minimum atomic E-state index is 0.751. The van der Waals surface area contributed by atoms with E-state index < -0.39 is 0 Å². The van der Waals surface area contributed by atoms with E-state index in [9.17, 15) is 0 Å². The van der Waals surface area contributed by atoms with Gasteiger partial charge in [-0.25, -0.2) is 0 Å². The predicted octanol–water partition coefficient (Wildman–Crippen LogP) is 5.54. The van der Waals surface area contributed by atoms with Crippen molar-refractivity contribution in [1.82, 2.24) is 0 Å². The van der Waals surface area contributed by atoms with Crippen LogP contribution in [0.25, 0.3) is 0 Å². The van der Waals surface area contributed by atoms with Gasteiger partial charge in [0.2, 0.25) is 0 Å². The zero-order valence-electron chi connectivity index (χ0n) is 10.7. The number of hydrogen-bond donors (Lipinski definition) is 1. The molecule has 0 atom stereocenters. The lowest BCUT2D eigenvalue weighted by Crippen LogP contribution is -2.02. The quantitative estimate of drug-likeness (QED) is 0.682. The van der Waals surface area contributed by atoms with E-state index in [0.717, 1.165) is 34.6 Å². The number of nitrogens with one attached hydrogen (secondary N) is 1. The van der Waals surface area contributed by atoms with Crippen molar-refractivity contribution in [3.63, 3.8) is 0 Å². The summed E-state index contributed by atoms with van der Waals surface area (Å²) in [4.78, 5) is 0. The van der Waals surface area contributed by atoms with E-state index in [4.69, 9.17) is 11.6 Å². The van der Waals surface area contributed by atoms with Gasteiger partial charge in [-0.15, -0.1) is 0 Å². The summed E-state index contributed by atoms with van der Waals surface area (Å²) in [7, 11) is 0. The standard InChI is InChI=1S/C16H17BrClN/c17-15-12-14(18)9-10-16(15)19-11-5-4-8-13-6-2-1-3-7-13/h1-3,6-7,9-10,12,19H,4-5,8,11H2. The van der Waals surface area contributed by atoms with Crippen LogP contribution in [0.5, 0.6) is 0 Å². The first-order valence-corrected chi connectivity index (χ1v) is 7.65. The van der Waals surface area contributed by atoms with E-state index in [1.165, 1.54) is 12.0 Å². The highest BCUT2D eigenvalue weighted by atomic mass is 79.9.